The molecule has 1 N–H and O–H groups in total. The fraction of sp³-hybridized carbons (Fsp3) is 0.357. The van der Waals surface area contributed by atoms with Crippen molar-refractivity contribution in [3.63, 3.8) is 0 Å². The quantitative estimate of drug-likeness (QED) is 0.816. The van der Waals surface area contributed by atoms with E-state index in [1.54, 1.807) is 6.20 Å². The number of benzene rings is 1. The first-order valence-electron chi connectivity index (χ1n) is 5.98. The van der Waals surface area contributed by atoms with Crippen LogP contribution < -0.4 is 0 Å². The molecule has 3 heteroatoms. The van der Waals surface area contributed by atoms with Crippen LogP contribution in [0, 0.1) is 0 Å². The molecular weight excluding hydrogens is 214 g/mol. The van der Waals surface area contributed by atoms with Gasteiger partial charge in [0, 0.05) is 24.6 Å². The molecule has 1 fully saturated rings. The second-order valence-electron chi connectivity index (χ2n) is 4.45. The van der Waals surface area contributed by atoms with Crippen molar-refractivity contribution < 1.29 is 9.84 Å². The predicted octanol–water partition coefficient (Wildman–Crippen LogP) is 2.45. The summed E-state index contributed by atoms with van der Waals surface area (Å²) >= 11 is 0. The van der Waals surface area contributed by atoms with Crippen molar-refractivity contribution in [3.8, 4) is 0 Å². The van der Waals surface area contributed by atoms with Crippen LogP contribution in [0.15, 0.2) is 36.5 Å². The zero-order valence-electron chi connectivity index (χ0n) is 9.54. The molecule has 1 aliphatic heterocycles. The average molecular weight is 229 g/mol. The molecule has 3 rings (SSSR count). The molecule has 0 bridgehead atoms. The number of aliphatic hydroxyl groups excluding tert-OH is 1. The number of rotatable bonds is 1. The molecule has 3 nitrogen and oxygen atoms in total. The number of pyridine rings is 1. The van der Waals surface area contributed by atoms with Crippen molar-refractivity contribution in [2.24, 2.45) is 0 Å². The molecule has 2 heterocycles. The van der Waals surface area contributed by atoms with E-state index in [9.17, 15) is 5.11 Å². The molecule has 17 heavy (non-hydrogen) atoms. The van der Waals surface area contributed by atoms with Crippen LogP contribution >= 0.6 is 0 Å². The molecule has 1 aliphatic rings. The third-order valence-electron chi connectivity index (χ3n) is 3.28. The van der Waals surface area contributed by atoms with E-state index in [-0.39, 0.29) is 12.2 Å². The molecule has 1 saturated heterocycles. The molecule has 0 amide bonds. The molecule has 0 aliphatic carbocycles. The highest BCUT2D eigenvalue weighted by Gasteiger charge is 2.23. The van der Waals surface area contributed by atoms with Crippen LogP contribution in [0.5, 0.6) is 0 Å². The third kappa shape index (κ3) is 2.04. The standard InChI is InChI=1S/C14H15NO2/c16-10-6-8-17-14(9-10)12-3-1-5-13-11(12)4-2-7-15-13/h1-5,7,10,14,16H,6,8-9H2. The van der Waals surface area contributed by atoms with Gasteiger partial charge in [-0.2, -0.15) is 0 Å². The lowest BCUT2D eigenvalue weighted by Crippen LogP contribution is -2.23. The number of ether oxygens (including phenoxy) is 1. The fourth-order valence-electron chi connectivity index (χ4n) is 2.40. The monoisotopic (exact) mass is 229 g/mol. The van der Waals surface area contributed by atoms with Gasteiger partial charge in [-0.25, -0.2) is 0 Å². The summed E-state index contributed by atoms with van der Waals surface area (Å²) in [6.07, 6.45) is 2.95. The second-order valence-corrected chi connectivity index (χ2v) is 4.45. The van der Waals surface area contributed by atoms with Gasteiger partial charge in [0.05, 0.1) is 17.7 Å². The van der Waals surface area contributed by atoms with Crippen LogP contribution in [0.1, 0.15) is 24.5 Å². The highest BCUT2D eigenvalue weighted by molar-refractivity contribution is 5.82. The van der Waals surface area contributed by atoms with Gasteiger partial charge in [0.15, 0.2) is 0 Å². The Morgan fingerprint density at radius 3 is 3.06 bits per heavy atom. The normalized spacial score (nSPS) is 25.0. The second kappa shape index (κ2) is 4.43. The van der Waals surface area contributed by atoms with E-state index in [1.165, 1.54) is 0 Å². The van der Waals surface area contributed by atoms with Gasteiger partial charge in [-0.1, -0.05) is 18.2 Å². The van der Waals surface area contributed by atoms with Crippen molar-refractivity contribution in [3.05, 3.63) is 42.1 Å². The van der Waals surface area contributed by atoms with E-state index in [0.717, 1.165) is 22.9 Å². The van der Waals surface area contributed by atoms with Gasteiger partial charge in [-0.15, -0.1) is 0 Å². The molecule has 1 aromatic heterocycles. The van der Waals surface area contributed by atoms with Crippen molar-refractivity contribution in [1.82, 2.24) is 4.98 Å². The van der Waals surface area contributed by atoms with Gasteiger partial charge < -0.3 is 9.84 Å². The summed E-state index contributed by atoms with van der Waals surface area (Å²) in [6.45, 7) is 0.627. The Labute approximate surface area is 100 Å². The van der Waals surface area contributed by atoms with Crippen molar-refractivity contribution in [1.29, 1.82) is 0 Å². The Morgan fingerprint density at radius 2 is 2.18 bits per heavy atom. The Kier molecular flexibility index (Phi) is 2.79. The zero-order valence-corrected chi connectivity index (χ0v) is 9.54. The van der Waals surface area contributed by atoms with Crippen LogP contribution in [-0.2, 0) is 4.74 Å². The lowest BCUT2D eigenvalue weighted by atomic mass is 9.96. The molecule has 0 spiro atoms. The summed E-state index contributed by atoms with van der Waals surface area (Å²) in [7, 11) is 0. The SMILES string of the molecule is OC1CCOC(c2cccc3ncccc23)C1. The van der Waals surface area contributed by atoms with Crippen LogP contribution in [-0.4, -0.2) is 22.8 Å². The summed E-state index contributed by atoms with van der Waals surface area (Å²) in [5, 5.41) is 10.8. The van der Waals surface area contributed by atoms with E-state index in [2.05, 4.69) is 17.1 Å². The van der Waals surface area contributed by atoms with Crippen LogP contribution in [0.4, 0.5) is 0 Å². The number of aliphatic hydroxyl groups is 1. The van der Waals surface area contributed by atoms with E-state index < -0.39 is 0 Å². The Bertz CT molecular complexity index is 521. The Balaban J connectivity index is 2.04. The summed E-state index contributed by atoms with van der Waals surface area (Å²) in [4.78, 5) is 4.34. The lowest BCUT2D eigenvalue weighted by Gasteiger charge is -2.27. The van der Waals surface area contributed by atoms with Crippen molar-refractivity contribution >= 4 is 10.9 Å². The molecule has 0 radical (unpaired) electrons. The van der Waals surface area contributed by atoms with Crippen LogP contribution in [0.3, 0.4) is 0 Å². The van der Waals surface area contributed by atoms with Gasteiger partial charge in [0.2, 0.25) is 0 Å². The smallest absolute Gasteiger partial charge is 0.0856 e. The van der Waals surface area contributed by atoms with Gasteiger partial charge in [0.1, 0.15) is 0 Å². The van der Waals surface area contributed by atoms with E-state index in [0.29, 0.717) is 13.0 Å². The average Bonchev–Trinajstić information content (AvgIpc) is 2.38. The fourth-order valence-corrected chi connectivity index (χ4v) is 2.40. The minimum atomic E-state index is -0.249. The minimum absolute atomic E-state index is 0.00773. The molecule has 2 atom stereocenters. The first-order chi connectivity index (χ1) is 8.34. The molecule has 2 aromatic rings. The number of aromatic nitrogens is 1. The third-order valence-corrected chi connectivity index (χ3v) is 3.28. The maximum absolute atomic E-state index is 9.72. The maximum Gasteiger partial charge on any atom is 0.0856 e. The Hall–Kier alpha value is -1.45. The first-order valence-corrected chi connectivity index (χ1v) is 5.98. The summed E-state index contributed by atoms with van der Waals surface area (Å²) in [6, 6.07) is 10.0. The topological polar surface area (TPSA) is 42.4 Å². The first kappa shape index (κ1) is 10.7. The van der Waals surface area contributed by atoms with Crippen molar-refractivity contribution in [2.75, 3.05) is 6.61 Å². The number of nitrogens with zero attached hydrogens (tertiary/aromatic N) is 1. The largest absolute Gasteiger partial charge is 0.393 e. The molecular formula is C14H15NO2. The van der Waals surface area contributed by atoms with Crippen molar-refractivity contribution in [2.45, 2.75) is 25.0 Å². The van der Waals surface area contributed by atoms with E-state index >= 15 is 0 Å². The molecule has 2 unspecified atom stereocenters. The van der Waals surface area contributed by atoms with Crippen LogP contribution in [0.2, 0.25) is 0 Å². The predicted molar refractivity (Wildman–Crippen MR) is 65.7 cm³/mol. The number of hydrogen-bond donors (Lipinski definition) is 1. The highest BCUT2D eigenvalue weighted by atomic mass is 16.5. The van der Waals surface area contributed by atoms with Gasteiger partial charge in [0.25, 0.3) is 0 Å². The van der Waals surface area contributed by atoms with E-state index in [4.69, 9.17) is 4.74 Å². The molecule has 0 saturated carbocycles. The highest BCUT2D eigenvalue weighted by Crippen LogP contribution is 2.32. The molecule has 88 valence electrons. The van der Waals surface area contributed by atoms with E-state index in [1.807, 2.05) is 18.2 Å². The minimum Gasteiger partial charge on any atom is -0.393 e. The summed E-state index contributed by atoms with van der Waals surface area (Å²) in [5.74, 6) is 0. The number of fused-ring (bicyclic) bond motifs is 1. The maximum atomic E-state index is 9.72. The van der Waals surface area contributed by atoms with Gasteiger partial charge >= 0.3 is 0 Å². The number of hydrogen-bond acceptors (Lipinski definition) is 3. The Morgan fingerprint density at radius 1 is 1.24 bits per heavy atom. The van der Waals surface area contributed by atoms with Gasteiger partial charge in [-0.3, -0.25) is 4.98 Å². The summed E-state index contributed by atoms with van der Waals surface area (Å²) in [5.41, 5.74) is 2.11. The molecule has 1 aromatic carbocycles. The van der Waals surface area contributed by atoms with Gasteiger partial charge in [-0.05, 0) is 24.1 Å². The summed E-state index contributed by atoms with van der Waals surface area (Å²) < 4.78 is 5.75. The zero-order chi connectivity index (χ0) is 11.7. The van der Waals surface area contributed by atoms with Crippen LogP contribution in [0.25, 0.3) is 10.9 Å². The lowest BCUT2D eigenvalue weighted by molar-refractivity contribution is -0.0441.